The Kier molecular flexibility index (Phi) is 5.16. The van der Waals surface area contributed by atoms with E-state index in [-0.39, 0.29) is 11.3 Å². The maximum absolute atomic E-state index is 12.5. The lowest BCUT2D eigenvalue weighted by atomic mass is 10.1. The van der Waals surface area contributed by atoms with Gasteiger partial charge in [-0.25, -0.2) is 9.59 Å². The molecule has 4 amide bonds. The first kappa shape index (κ1) is 18.1. The van der Waals surface area contributed by atoms with Crippen LogP contribution in [-0.4, -0.2) is 42.4 Å². The molecule has 0 bridgehead atoms. The third-order valence-corrected chi connectivity index (χ3v) is 4.07. The largest absolute Gasteiger partial charge is 0.465 e. The number of nitrogens with zero attached hydrogens (tertiary/aromatic N) is 1. The zero-order valence-corrected chi connectivity index (χ0v) is 14.5. The van der Waals surface area contributed by atoms with E-state index in [9.17, 15) is 19.2 Å². The molecule has 1 saturated heterocycles. The molecule has 0 spiro atoms. The predicted octanol–water partition coefficient (Wildman–Crippen LogP) is 1.70. The molecule has 8 nitrogen and oxygen atoms in total. The topological polar surface area (TPSA) is 105 Å². The SMILES string of the molecule is COC(=O)c1ccccc1NC(=O)CN1C(=O)NC(c2ccccc2)C1=O. The normalized spacial score (nSPS) is 16.0. The molecule has 1 aliphatic rings. The Bertz CT molecular complexity index is 897. The minimum atomic E-state index is -0.825. The molecule has 8 heteroatoms. The van der Waals surface area contributed by atoms with Crippen LogP contribution in [0.2, 0.25) is 0 Å². The van der Waals surface area contributed by atoms with Crippen molar-refractivity contribution in [2.24, 2.45) is 0 Å². The van der Waals surface area contributed by atoms with Gasteiger partial charge in [-0.15, -0.1) is 0 Å². The predicted molar refractivity (Wildman–Crippen MR) is 95.8 cm³/mol. The molecule has 1 unspecified atom stereocenters. The Morgan fingerprint density at radius 3 is 2.44 bits per heavy atom. The minimum absolute atomic E-state index is 0.174. The van der Waals surface area contributed by atoms with E-state index in [0.717, 1.165) is 4.90 Å². The van der Waals surface area contributed by atoms with Crippen LogP contribution in [0.25, 0.3) is 0 Å². The number of esters is 1. The average molecular weight is 367 g/mol. The molecule has 1 atom stereocenters. The van der Waals surface area contributed by atoms with Crippen LogP contribution in [0.4, 0.5) is 10.5 Å². The number of benzene rings is 2. The van der Waals surface area contributed by atoms with E-state index >= 15 is 0 Å². The van der Waals surface area contributed by atoms with Gasteiger partial charge < -0.3 is 15.4 Å². The smallest absolute Gasteiger partial charge is 0.339 e. The Morgan fingerprint density at radius 2 is 1.74 bits per heavy atom. The van der Waals surface area contributed by atoms with Gasteiger partial charge in [-0.3, -0.25) is 14.5 Å². The molecular weight excluding hydrogens is 350 g/mol. The lowest BCUT2D eigenvalue weighted by Crippen LogP contribution is -2.38. The fourth-order valence-corrected chi connectivity index (χ4v) is 2.75. The molecule has 2 N–H and O–H groups in total. The van der Waals surface area contributed by atoms with Crippen molar-refractivity contribution < 1.29 is 23.9 Å². The number of carbonyl (C=O) groups is 4. The summed E-state index contributed by atoms with van der Waals surface area (Å²) in [5.74, 6) is -1.73. The number of nitrogens with one attached hydrogen (secondary N) is 2. The van der Waals surface area contributed by atoms with Crippen molar-refractivity contribution in [3.05, 3.63) is 65.7 Å². The Labute approximate surface area is 155 Å². The number of carbonyl (C=O) groups excluding carboxylic acids is 4. The van der Waals surface area contributed by atoms with Gasteiger partial charge in [0.25, 0.3) is 5.91 Å². The standard InChI is InChI=1S/C19H17N3O5/c1-27-18(25)13-9-5-6-10-14(13)20-15(23)11-22-17(24)16(21-19(22)26)12-7-3-2-4-8-12/h2-10,16H,11H2,1H3,(H,20,23)(H,21,26). The quantitative estimate of drug-likeness (QED) is 0.618. The maximum atomic E-state index is 12.5. The van der Waals surface area contributed by atoms with Crippen LogP contribution < -0.4 is 10.6 Å². The van der Waals surface area contributed by atoms with Gasteiger partial charge in [-0.05, 0) is 17.7 Å². The van der Waals surface area contributed by atoms with Crippen molar-refractivity contribution >= 4 is 29.5 Å². The first-order valence-corrected chi connectivity index (χ1v) is 8.15. The number of urea groups is 1. The van der Waals surface area contributed by atoms with Gasteiger partial charge in [-0.2, -0.15) is 0 Å². The van der Waals surface area contributed by atoms with Crippen LogP contribution in [0.3, 0.4) is 0 Å². The number of hydrogen-bond acceptors (Lipinski definition) is 5. The molecule has 0 aromatic heterocycles. The van der Waals surface area contributed by atoms with E-state index in [1.807, 2.05) is 0 Å². The van der Waals surface area contributed by atoms with Crippen molar-refractivity contribution in [1.29, 1.82) is 0 Å². The highest BCUT2D eigenvalue weighted by atomic mass is 16.5. The fraction of sp³-hybridized carbons (Fsp3) is 0.158. The van der Waals surface area contributed by atoms with Crippen molar-refractivity contribution in [1.82, 2.24) is 10.2 Å². The number of rotatable bonds is 5. The molecule has 2 aromatic carbocycles. The van der Waals surface area contributed by atoms with Crippen LogP contribution in [0.15, 0.2) is 54.6 Å². The second kappa shape index (κ2) is 7.69. The van der Waals surface area contributed by atoms with Gasteiger partial charge in [0.2, 0.25) is 5.91 Å². The van der Waals surface area contributed by atoms with E-state index < -0.39 is 36.4 Å². The van der Waals surface area contributed by atoms with Crippen LogP contribution in [0.1, 0.15) is 22.0 Å². The first-order valence-electron chi connectivity index (χ1n) is 8.15. The zero-order chi connectivity index (χ0) is 19.4. The average Bonchev–Trinajstić information content (AvgIpc) is 2.96. The second-order valence-electron chi connectivity index (χ2n) is 5.80. The van der Waals surface area contributed by atoms with Crippen molar-refractivity contribution in [3.8, 4) is 0 Å². The van der Waals surface area contributed by atoms with Gasteiger partial charge in [0, 0.05) is 0 Å². The van der Waals surface area contributed by atoms with Crippen molar-refractivity contribution in [3.63, 3.8) is 0 Å². The molecule has 1 aliphatic heterocycles. The molecule has 27 heavy (non-hydrogen) atoms. The van der Waals surface area contributed by atoms with E-state index in [4.69, 9.17) is 0 Å². The number of para-hydroxylation sites is 1. The summed E-state index contributed by atoms with van der Waals surface area (Å²) >= 11 is 0. The Hall–Kier alpha value is -3.68. The zero-order valence-electron chi connectivity index (χ0n) is 14.5. The number of methoxy groups -OCH3 is 1. The summed E-state index contributed by atoms with van der Waals surface area (Å²) in [4.78, 5) is 49.6. The number of imide groups is 1. The van der Waals surface area contributed by atoms with Crippen LogP contribution in [0.5, 0.6) is 0 Å². The maximum Gasteiger partial charge on any atom is 0.339 e. The number of ether oxygens (including phenoxy) is 1. The van der Waals surface area contributed by atoms with Crippen molar-refractivity contribution in [2.75, 3.05) is 19.0 Å². The summed E-state index contributed by atoms with van der Waals surface area (Å²) in [7, 11) is 1.23. The summed E-state index contributed by atoms with van der Waals surface area (Å²) in [6.45, 7) is -0.469. The van der Waals surface area contributed by atoms with Gasteiger partial charge in [0.1, 0.15) is 12.6 Å². The number of anilines is 1. The summed E-state index contributed by atoms with van der Waals surface area (Å²) in [6, 6.07) is 13.6. The summed E-state index contributed by atoms with van der Waals surface area (Å²) in [5, 5.41) is 5.10. The summed E-state index contributed by atoms with van der Waals surface area (Å²) < 4.78 is 4.67. The van der Waals surface area contributed by atoms with E-state index in [0.29, 0.717) is 5.56 Å². The highest BCUT2D eigenvalue weighted by molar-refractivity contribution is 6.09. The fourth-order valence-electron chi connectivity index (χ4n) is 2.75. The second-order valence-corrected chi connectivity index (χ2v) is 5.80. The Balaban J connectivity index is 1.71. The molecule has 0 saturated carbocycles. The van der Waals surface area contributed by atoms with E-state index in [1.165, 1.54) is 19.2 Å². The molecule has 1 fully saturated rings. The monoisotopic (exact) mass is 367 g/mol. The molecule has 0 radical (unpaired) electrons. The van der Waals surface area contributed by atoms with E-state index in [2.05, 4.69) is 15.4 Å². The third kappa shape index (κ3) is 3.79. The highest BCUT2D eigenvalue weighted by Crippen LogP contribution is 2.22. The lowest BCUT2D eigenvalue weighted by molar-refractivity contribution is -0.130. The molecule has 1 heterocycles. The molecule has 3 rings (SSSR count). The minimum Gasteiger partial charge on any atom is -0.465 e. The van der Waals surface area contributed by atoms with Gasteiger partial charge in [-0.1, -0.05) is 42.5 Å². The first-order chi connectivity index (χ1) is 13.0. The molecule has 2 aromatic rings. The molecular formula is C19H17N3O5. The van der Waals surface area contributed by atoms with Crippen LogP contribution >= 0.6 is 0 Å². The highest BCUT2D eigenvalue weighted by Gasteiger charge is 2.39. The van der Waals surface area contributed by atoms with Crippen LogP contribution in [-0.2, 0) is 14.3 Å². The Morgan fingerprint density at radius 1 is 1.07 bits per heavy atom. The molecule has 138 valence electrons. The van der Waals surface area contributed by atoms with Crippen LogP contribution in [0, 0.1) is 0 Å². The van der Waals surface area contributed by atoms with Gasteiger partial charge >= 0.3 is 12.0 Å². The summed E-state index contributed by atoms with van der Waals surface area (Å²) in [5.41, 5.74) is 1.04. The number of amides is 4. The third-order valence-electron chi connectivity index (χ3n) is 4.07. The number of hydrogen-bond donors (Lipinski definition) is 2. The molecule has 0 aliphatic carbocycles. The van der Waals surface area contributed by atoms with Gasteiger partial charge in [0.05, 0.1) is 18.4 Å². The van der Waals surface area contributed by atoms with E-state index in [1.54, 1.807) is 42.5 Å². The van der Waals surface area contributed by atoms with Crippen molar-refractivity contribution in [2.45, 2.75) is 6.04 Å². The lowest BCUT2D eigenvalue weighted by Gasteiger charge is -2.14. The summed E-state index contributed by atoms with van der Waals surface area (Å²) in [6.07, 6.45) is 0. The van der Waals surface area contributed by atoms with Gasteiger partial charge in [0.15, 0.2) is 0 Å².